The normalized spacial score (nSPS) is 19.9. The molecule has 0 radical (unpaired) electrons. The van der Waals surface area contributed by atoms with Gasteiger partial charge in [-0.15, -0.1) is 0 Å². The van der Waals surface area contributed by atoms with Crippen LogP contribution in [0.1, 0.15) is 75.2 Å². The number of hydrogen-bond acceptors (Lipinski definition) is 3. The molecular weight excluding hydrogens is 252 g/mol. The van der Waals surface area contributed by atoms with Gasteiger partial charge in [-0.1, -0.05) is 41.5 Å². The molecule has 0 aliphatic heterocycles. The van der Waals surface area contributed by atoms with Crippen molar-refractivity contribution in [3.8, 4) is 0 Å². The fourth-order valence-corrected chi connectivity index (χ4v) is 2.38. The topological polar surface area (TPSA) is 43.4 Å². The van der Waals surface area contributed by atoms with Crippen LogP contribution < -0.4 is 0 Å². The Morgan fingerprint density at radius 1 is 1.00 bits per heavy atom. The maximum atomic E-state index is 12.8. The van der Waals surface area contributed by atoms with E-state index in [-0.39, 0.29) is 17.0 Å². The minimum Gasteiger partial charge on any atom is -0.357 e. The third-order valence-corrected chi connectivity index (χ3v) is 5.13. The van der Waals surface area contributed by atoms with Gasteiger partial charge in [0.15, 0.2) is 11.6 Å². The second kappa shape index (κ2) is 6.38. The Morgan fingerprint density at radius 2 is 1.45 bits per heavy atom. The van der Waals surface area contributed by atoms with Crippen molar-refractivity contribution < 1.29 is 14.3 Å². The highest BCUT2D eigenvalue weighted by Crippen LogP contribution is 2.43. The number of ether oxygens (including phenoxy) is 1. The molecule has 3 unspecified atom stereocenters. The van der Waals surface area contributed by atoms with Crippen LogP contribution in [0, 0.1) is 10.8 Å². The zero-order valence-corrected chi connectivity index (χ0v) is 14.7. The quantitative estimate of drug-likeness (QED) is 0.704. The smallest absolute Gasteiger partial charge is 0.167 e. The van der Waals surface area contributed by atoms with Gasteiger partial charge in [0.1, 0.15) is 11.7 Å². The molecule has 0 fully saturated rings. The van der Waals surface area contributed by atoms with Crippen LogP contribution in [-0.2, 0) is 14.3 Å². The molecule has 0 rings (SSSR count). The molecule has 0 saturated heterocycles. The van der Waals surface area contributed by atoms with Crippen molar-refractivity contribution in [1.29, 1.82) is 0 Å². The van der Waals surface area contributed by atoms with Crippen LogP contribution in [0.3, 0.4) is 0 Å². The van der Waals surface area contributed by atoms with E-state index in [9.17, 15) is 9.59 Å². The first kappa shape index (κ1) is 19.3. The molecule has 0 aromatic rings. The van der Waals surface area contributed by atoms with Gasteiger partial charge in [-0.25, -0.2) is 0 Å². The summed E-state index contributed by atoms with van der Waals surface area (Å²) in [7, 11) is 0. The number of rotatable bonds is 7. The molecule has 0 aromatic heterocycles. The summed E-state index contributed by atoms with van der Waals surface area (Å²) in [5, 5.41) is 0. The van der Waals surface area contributed by atoms with Crippen molar-refractivity contribution in [2.24, 2.45) is 10.8 Å². The highest BCUT2D eigenvalue weighted by molar-refractivity contribution is 5.90. The van der Waals surface area contributed by atoms with Crippen LogP contribution >= 0.6 is 0 Å². The summed E-state index contributed by atoms with van der Waals surface area (Å²) in [4.78, 5) is 24.6. The van der Waals surface area contributed by atoms with Gasteiger partial charge in [0, 0.05) is 5.41 Å². The lowest BCUT2D eigenvalue weighted by atomic mass is 9.63. The van der Waals surface area contributed by atoms with Crippen LogP contribution in [0.25, 0.3) is 0 Å². The maximum Gasteiger partial charge on any atom is 0.167 e. The molecule has 20 heavy (non-hydrogen) atoms. The number of Topliss-reactive ketones (excluding diaryl/α,β-unsaturated/α-hetero) is 2. The molecule has 0 amide bonds. The van der Waals surface area contributed by atoms with E-state index >= 15 is 0 Å². The molecule has 0 aromatic carbocycles. The molecule has 3 heteroatoms. The Labute approximate surface area is 124 Å². The van der Waals surface area contributed by atoms with Crippen molar-refractivity contribution in [2.45, 2.75) is 86.9 Å². The zero-order chi connectivity index (χ0) is 16.4. The van der Waals surface area contributed by atoms with E-state index in [0.717, 1.165) is 6.42 Å². The summed E-state index contributed by atoms with van der Waals surface area (Å²) < 4.78 is 5.85. The van der Waals surface area contributed by atoms with Crippen LogP contribution in [-0.4, -0.2) is 23.3 Å². The van der Waals surface area contributed by atoms with E-state index in [1.54, 1.807) is 13.8 Å². The Hall–Kier alpha value is -0.700. The van der Waals surface area contributed by atoms with Crippen molar-refractivity contribution in [1.82, 2.24) is 0 Å². The number of carbonyl (C=O) groups is 2. The van der Waals surface area contributed by atoms with E-state index < -0.39 is 17.1 Å². The van der Waals surface area contributed by atoms with Gasteiger partial charge in [-0.3, -0.25) is 9.59 Å². The van der Waals surface area contributed by atoms with Crippen molar-refractivity contribution in [3.63, 3.8) is 0 Å². The molecule has 0 bridgehead atoms. The summed E-state index contributed by atoms with van der Waals surface area (Å²) in [5.41, 5.74) is -1.48. The Kier molecular flexibility index (Phi) is 6.16. The lowest BCUT2D eigenvalue weighted by Gasteiger charge is -2.42. The molecule has 0 aliphatic carbocycles. The van der Waals surface area contributed by atoms with Gasteiger partial charge < -0.3 is 4.74 Å². The molecular formula is C17H32O3. The average Bonchev–Trinajstić information content (AvgIpc) is 2.34. The highest BCUT2D eigenvalue weighted by Gasteiger charge is 2.46. The van der Waals surface area contributed by atoms with E-state index in [2.05, 4.69) is 20.8 Å². The average molecular weight is 284 g/mol. The van der Waals surface area contributed by atoms with E-state index in [0.29, 0.717) is 6.42 Å². The molecule has 0 N–H and O–H groups in total. The van der Waals surface area contributed by atoms with Crippen molar-refractivity contribution in [2.75, 3.05) is 0 Å². The van der Waals surface area contributed by atoms with Crippen molar-refractivity contribution in [3.05, 3.63) is 0 Å². The summed E-state index contributed by atoms with van der Waals surface area (Å²) in [6.07, 6.45) is 0.748. The maximum absolute atomic E-state index is 12.8. The van der Waals surface area contributed by atoms with Gasteiger partial charge in [-0.2, -0.15) is 0 Å². The largest absolute Gasteiger partial charge is 0.357 e. The molecule has 0 heterocycles. The predicted octanol–water partition coefficient (Wildman–Crippen LogP) is 4.18. The fraction of sp³-hybridized carbons (Fsp3) is 0.882. The standard InChI is InChI=1S/C17H32O3/c1-10-16(8,15(5,6)7)14(19)12(3)20-17(9,11-2)13(4)18/h12H,10-11H2,1-9H3. The van der Waals surface area contributed by atoms with Crippen LogP contribution in [0.15, 0.2) is 0 Å². The van der Waals surface area contributed by atoms with Gasteiger partial charge in [0.05, 0.1) is 0 Å². The zero-order valence-electron chi connectivity index (χ0n) is 14.7. The molecule has 0 aliphatic rings. The fourth-order valence-electron chi connectivity index (χ4n) is 2.38. The second-order valence-electron chi connectivity index (χ2n) is 7.20. The Balaban J connectivity index is 5.27. The molecule has 118 valence electrons. The number of carbonyl (C=O) groups excluding carboxylic acids is 2. The predicted molar refractivity (Wildman–Crippen MR) is 82.8 cm³/mol. The Bertz CT molecular complexity index is 367. The summed E-state index contributed by atoms with van der Waals surface area (Å²) in [6.45, 7) is 17.2. The summed E-state index contributed by atoms with van der Waals surface area (Å²) in [5.74, 6) is 0.0436. The lowest BCUT2D eigenvalue weighted by molar-refractivity contribution is -0.163. The van der Waals surface area contributed by atoms with Gasteiger partial charge >= 0.3 is 0 Å². The Morgan fingerprint density at radius 3 is 1.70 bits per heavy atom. The first-order chi connectivity index (χ1) is 8.85. The van der Waals surface area contributed by atoms with Gasteiger partial charge in [0.25, 0.3) is 0 Å². The SMILES string of the molecule is CCC(C)(OC(C)C(=O)C(C)(CC)C(C)(C)C)C(C)=O. The number of hydrogen-bond donors (Lipinski definition) is 0. The minimum atomic E-state index is -0.873. The van der Waals surface area contributed by atoms with E-state index in [1.165, 1.54) is 6.92 Å². The van der Waals surface area contributed by atoms with Gasteiger partial charge in [-0.05, 0) is 39.0 Å². The first-order valence-electron chi connectivity index (χ1n) is 7.59. The van der Waals surface area contributed by atoms with Crippen LogP contribution in [0.2, 0.25) is 0 Å². The van der Waals surface area contributed by atoms with Gasteiger partial charge in [0.2, 0.25) is 0 Å². The third-order valence-electron chi connectivity index (χ3n) is 5.13. The number of ketones is 2. The summed E-state index contributed by atoms with van der Waals surface area (Å²) in [6, 6.07) is 0. The second-order valence-corrected chi connectivity index (χ2v) is 7.20. The van der Waals surface area contributed by atoms with E-state index in [1.807, 2.05) is 20.8 Å². The van der Waals surface area contributed by atoms with Crippen LogP contribution in [0.4, 0.5) is 0 Å². The highest BCUT2D eigenvalue weighted by atomic mass is 16.5. The van der Waals surface area contributed by atoms with Crippen LogP contribution in [0.5, 0.6) is 0 Å². The van der Waals surface area contributed by atoms with Crippen molar-refractivity contribution >= 4 is 11.6 Å². The summed E-state index contributed by atoms with van der Waals surface area (Å²) >= 11 is 0. The monoisotopic (exact) mass is 284 g/mol. The first-order valence-corrected chi connectivity index (χ1v) is 7.59. The molecule has 0 spiro atoms. The molecule has 3 nitrogen and oxygen atoms in total. The molecule has 3 atom stereocenters. The third kappa shape index (κ3) is 3.69. The molecule has 0 saturated carbocycles. The van der Waals surface area contributed by atoms with E-state index in [4.69, 9.17) is 4.74 Å². The lowest BCUT2D eigenvalue weighted by Crippen LogP contribution is -2.49. The minimum absolute atomic E-state index is 0.0337.